The van der Waals surface area contributed by atoms with Gasteiger partial charge in [-0.1, -0.05) is 20.8 Å². The van der Waals surface area contributed by atoms with Crippen LogP contribution in [0.15, 0.2) is 0 Å². The normalized spacial score (nSPS) is 57.9. The molecule has 4 rings (SSSR count). The average molecular weight is 346 g/mol. The Bertz CT molecular complexity index is 585. The van der Waals surface area contributed by atoms with Crippen molar-refractivity contribution in [1.82, 2.24) is 0 Å². The van der Waals surface area contributed by atoms with Crippen LogP contribution in [0.25, 0.3) is 0 Å². The topological polar surface area (TPSA) is 53.2 Å². The minimum Gasteiger partial charge on any atom is -0.393 e. The lowest BCUT2D eigenvalue weighted by Crippen LogP contribution is -2.62. The second-order valence-corrected chi connectivity index (χ2v) is 10.5. The first kappa shape index (κ1) is 17.8. The fourth-order valence-electron chi connectivity index (χ4n) is 8.12. The van der Waals surface area contributed by atoms with Crippen LogP contribution in [0, 0.1) is 51.2 Å². The predicted molar refractivity (Wildman–Crippen MR) is 97.6 cm³/mol. The Kier molecular flexibility index (Phi) is 4.06. The van der Waals surface area contributed by atoms with Crippen LogP contribution in [-0.4, -0.2) is 24.4 Å². The maximum Gasteiger partial charge on any atom is 0.0661 e. The molecule has 0 amide bonds. The molecule has 4 fully saturated rings. The van der Waals surface area contributed by atoms with Gasteiger partial charge in [-0.3, -0.25) is 0 Å². The molecule has 0 saturated heterocycles. The van der Waals surface area contributed by atoms with E-state index in [-0.39, 0.29) is 34.4 Å². The van der Waals surface area contributed by atoms with Gasteiger partial charge < -0.3 is 9.84 Å². The van der Waals surface area contributed by atoms with Crippen LogP contribution in [0.4, 0.5) is 0 Å². The Morgan fingerprint density at radius 1 is 1.04 bits per heavy atom. The van der Waals surface area contributed by atoms with E-state index < -0.39 is 0 Å². The highest BCUT2D eigenvalue weighted by Gasteiger charge is 2.66. The molecule has 0 aromatic heterocycles. The molecule has 0 unspecified atom stereocenters. The monoisotopic (exact) mass is 345 g/mol. The summed E-state index contributed by atoms with van der Waals surface area (Å²) >= 11 is 0. The zero-order valence-electron chi connectivity index (χ0n) is 16.4. The maximum atomic E-state index is 10.3. The lowest BCUT2D eigenvalue weighted by Gasteiger charge is -2.66. The Balaban J connectivity index is 1.74. The number of nitriles is 1. The van der Waals surface area contributed by atoms with Crippen molar-refractivity contribution >= 4 is 0 Å². The summed E-state index contributed by atoms with van der Waals surface area (Å²) in [5, 5.41) is 20.1. The molecule has 4 aliphatic rings. The molecule has 0 spiro atoms. The van der Waals surface area contributed by atoms with Gasteiger partial charge in [-0.05, 0) is 85.4 Å². The van der Waals surface area contributed by atoms with Crippen molar-refractivity contribution in [3.8, 4) is 6.07 Å². The number of nitrogens with zero attached hydrogens (tertiary/aromatic N) is 1. The lowest BCUT2D eigenvalue weighted by molar-refractivity contribution is -0.213. The van der Waals surface area contributed by atoms with Gasteiger partial charge in [-0.25, -0.2) is 0 Å². The molecule has 0 bridgehead atoms. The fraction of sp³-hybridized carbons (Fsp3) is 0.955. The van der Waals surface area contributed by atoms with Crippen molar-refractivity contribution in [2.24, 2.45) is 39.9 Å². The number of hydrogen-bond donors (Lipinski definition) is 1. The number of aliphatic hydroxyl groups is 1. The van der Waals surface area contributed by atoms with Crippen LogP contribution in [0.2, 0.25) is 0 Å². The molecular formula is C22H35NO2. The summed E-state index contributed by atoms with van der Waals surface area (Å²) in [7, 11) is 1.88. The number of aliphatic hydroxyl groups excluding tert-OH is 1. The highest BCUT2D eigenvalue weighted by atomic mass is 16.5. The summed E-state index contributed by atoms with van der Waals surface area (Å²) in [6.07, 6.45) is 8.97. The van der Waals surface area contributed by atoms with E-state index >= 15 is 0 Å². The van der Waals surface area contributed by atoms with Gasteiger partial charge in [0.05, 0.1) is 24.2 Å². The van der Waals surface area contributed by atoms with Crippen LogP contribution >= 0.6 is 0 Å². The van der Waals surface area contributed by atoms with Crippen LogP contribution < -0.4 is 0 Å². The van der Waals surface area contributed by atoms with Crippen LogP contribution in [0.1, 0.15) is 72.1 Å². The summed E-state index contributed by atoms with van der Waals surface area (Å²) in [5.41, 5.74) is 0.611. The third-order valence-electron chi connectivity index (χ3n) is 9.71. The van der Waals surface area contributed by atoms with Gasteiger partial charge in [0.1, 0.15) is 0 Å². The zero-order valence-corrected chi connectivity index (χ0v) is 16.4. The molecule has 4 aliphatic carbocycles. The van der Waals surface area contributed by atoms with Gasteiger partial charge in [0.15, 0.2) is 0 Å². The van der Waals surface area contributed by atoms with Gasteiger partial charge in [0.25, 0.3) is 0 Å². The molecule has 3 nitrogen and oxygen atoms in total. The SMILES string of the molecule is CO[C@@H]1C[C@]2(C)[C@@H](C#N)CC[C@H]2[C@@H]2CC[C@@]3(C)C[C@H](O)CC[C@]3(C)[C@H]21. The first-order valence-corrected chi connectivity index (χ1v) is 10.4. The van der Waals surface area contributed by atoms with E-state index in [0.29, 0.717) is 17.8 Å². The van der Waals surface area contributed by atoms with Crippen molar-refractivity contribution in [2.45, 2.75) is 84.3 Å². The van der Waals surface area contributed by atoms with Gasteiger partial charge in [0, 0.05) is 7.11 Å². The molecule has 0 heterocycles. The van der Waals surface area contributed by atoms with E-state index in [9.17, 15) is 10.4 Å². The van der Waals surface area contributed by atoms with Gasteiger partial charge in [-0.2, -0.15) is 5.26 Å². The predicted octanol–water partition coefficient (Wildman–Crippen LogP) is 4.54. The first-order chi connectivity index (χ1) is 11.8. The summed E-state index contributed by atoms with van der Waals surface area (Å²) < 4.78 is 6.14. The number of ether oxygens (including phenoxy) is 1. The summed E-state index contributed by atoms with van der Waals surface area (Å²) in [6.45, 7) is 7.31. The van der Waals surface area contributed by atoms with E-state index in [4.69, 9.17) is 4.74 Å². The molecular weight excluding hydrogens is 310 g/mol. The van der Waals surface area contributed by atoms with E-state index in [2.05, 4.69) is 26.8 Å². The lowest BCUT2D eigenvalue weighted by atomic mass is 9.39. The second-order valence-electron chi connectivity index (χ2n) is 10.5. The molecule has 0 aromatic carbocycles. The molecule has 140 valence electrons. The average Bonchev–Trinajstić information content (AvgIpc) is 2.91. The van der Waals surface area contributed by atoms with Crippen molar-refractivity contribution in [3.05, 3.63) is 0 Å². The molecule has 0 aliphatic heterocycles. The van der Waals surface area contributed by atoms with E-state index in [1.54, 1.807) is 0 Å². The largest absolute Gasteiger partial charge is 0.393 e. The minimum atomic E-state index is -0.126. The molecule has 9 atom stereocenters. The molecule has 4 saturated carbocycles. The summed E-state index contributed by atoms with van der Waals surface area (Å²) in [5.74, 6) is 2.15. The third kappa shape index (κ3) is 2.23. The van der Waals surface area contributed by atoms with E-state index in [1.807, 2.05) is 7.11 Å². The number of fused-ring (bicyclic) bond motifs is 5. The molecule has 25 heavy (non-hydrogen) atoms. The van der Waals surface area contributed by atoms with Gasteiger partial charge in [-0.15, -0.1) is 0 Å². The van der Waals surface area contributed by atoms with Gasteiger partial charge in [0.2, 0.25) is 0 Å². The third-order valence-corrected chi connectivity index (χ3v) is 9.71. The van der Waals surface area contributed by atoms with Crippen molar-refractivity contribution in [3.63, 3.8) is 0 Å². The Morgan fingerprint density at radius 3 is 2.48 bits per heavy atom. The van der Waals surface area contributed by atoms with Crippen LogP contribution in [0.3, 0.4) is 0 Å². The van der Waals surface area contributed by atoms with Crippen molar-refractivity contribution in [2.75, 3.05) is 7.11 Å². The summed E-state index contributed by atoms with van der Waals surface area (Å²) in [4.78, 5) is 0. The Morgan fingerprint density at radius 2 is 1.80 bits per heavy atom. The first-order valence-electron chi connectivity index (χ1n) is 10.4. The Hall–Kier alpha value is -0.590. The molecule has 0 aromatic rings. The number of rotatable bonds is 1. The van der Waals surface area contributed by atoms with Crippen LogP contribution in [0.5, 0.6) is 0 Å². The minimum absolute atomic E-state index is 0.126. The van der Waals surface area contributed by atoms with Crippen molar-refractivity contribution in [1.29, 1.82) is 5.26 Å². The molecule has 0 radical (unpaired) electrons. The van der Waals surface area contributed by atoms with Crippen molar-refractivity contribution < 1.29 is 9.84 Å². The highest BCUT2D eigenvalue weighted by Crippen LogP contribution is 2.70. The fourth-order valence-corrected chi connectivity index (χ4v) is 8.12. The van der Waals surface area contributed by atoms with E-state index in [0.717, 1.165) is 32.1 Å². The number of hydrogen-bond acceptors (Lipinski definition) is 3. The zero-order chi connectivity index (χ0) is 18.0. The highest BCUT2D eigenvalue weighted by molar-refractivity contribution is 5.17. The maximum absolute atomic E-state index is 10.3. The Labute approximate surface area is 153 Å². The molecule has 1 N–H and O–H groups in total. The van der Waals surface area contributed by atoms with Gasteiger partial charge >= 0.3 is 0 Å². The smallest absolute Gasteiger partial charge is 0.0661 e. The quantitative estimate of drug-likeness (QED) is 0.759. The van der Waals surface area contributed by atoms with E-state index in [1.165, 1.54) is 19.3 Å². The second kappa shape index (κ2) is 5.70. The summed E-state index contributed by atoms with van der Waals surface area (Å²) in [6, 6.07) is 2.63. The number of methoxy groups -OCH3 is 1. The standard InChI is InChI=1S/C22H35NO2/c1-20-9-8-16-17-6-5-14(13-23)21(17,2)12-18(25-4)19(16)22(20,3)10-7-15(24)11-20/h14-19,24H,5-12H2,1-4H3/t14-,15-,16+,17+,18-,19-,20+,21-,22-/m1/s1. The molecule has 3 heteroatoms. The van der Waals surface area contributed by atoms with Crippen LogP contribution in [-0.2, 0) is 4.74 Å².